The molecule has 1 fully saturated rings. The normalized spacial score (nSPS) is 15.7. The fourth-order valence-corrected chi connectivity index (χ4v) is 3.17. The minimum Gasteiger partial charge on any atom is -0.381 e. The molecule has 0 aliphatic carbocycles. The third-order valence-corrected chi connectivity index (χ3v) is 4.57. The minimum atomic E-state index is -0.221. The molecular formula is C18H22N2O3. The van der Waals surface area contributed by atoms with Crippen LogP contribution in [-0.4, -0.2) is 42.6 Å². The Hall–Kier alpha value is -2.14. The van der Waals surface area contributed by atoms with Crippen LogP contribution in [0.2, 0.25) is 0 Å². The van der Waals surface area contributed by atoms with Crippen LogP contribution in [0.3, 0.4) is 0 Å². The molecule has 3 rings (SSSR count). The number of ether oxygens (including phenoxy) is 1. The van der Waals surface area contributed by atoms with Crippen LogP contribution >= 0.6 is 0 Å². The highest BCUT2D eigenvalue weighted by atomic mass is 16.5. The topological polar surface area (TPSA) is 62.4 Å². The lowest BCUT2D eigenvalue weighted by Crippen LogP contribution is -2.36. The van der Waals surface area contributed by atoms with Crippen molar-refractivity contribution in [3.8, 4) is 0 Å². The molecule has 1 aromatic heterocycles. The average Bonchev–Trinajstić information content (AvgIpc) is 2.56. The highest BCUT2D eigenvalue weighted by Crippen LogP contribution is 2.17. The van der Waals surface area contributed by atoms with Crippen molar-refractivity contribution in [2.24, 2.45) is 5.92 Å². The average molecular weight is 314 g/mol. The first-order chi connectivity index (χ1) is 11.1. The number of hydrogen-bond donors (Lipinski definition) is 1. The molecule has 1 aromatic carbocycles. The number of fused-ring (bicyclic) bond motifs is 1. The van der Waals surface area contributed by atoms with Crippen molar-refractivity contribution in [3.63, 3.8) is 0 Å². The molecule has 1 aliphatic rings. The van der Waals surface area contributed by atoms with Gasteiger partial charge in [-0.3, -0.25) is 9.59 Å². The Bertz CT molecular complexity index is 775. The summed E-state index contributed by atoms with van der Waals surface area (Å²) in [5.74, 6) is 0.223. The van der Waals surface area contributed by atoms with Gasteiger partial charge < -0.3 is 14.6 Å². The summed E-state index contributed by atoms with van der Waals surface area (Å²) in [4.78, 5) is 30.0. The van der Waals surface area contributed by atoms with Gasteiger partial charge in [0.25, 0.3) is 5.91 Å². The van der Waals surface area contributed by atoms with Crippen molar-refractivity contribution in [1.82, 2.24) is 9.88 Å². The Labute approximate surface area is 135 Å². The number of amides is 1. The SMILES string of the molecule is Cc1cccc2c(=O)c(C(=O)N(C)CC3CCOCC3)c[nH]c12. The van der Waals surface area contributed by atoms with E-state index in [9.17, 15) is 9.59 Å². The van der Waals surface area contributed by atoms with Gasteiger partial charge in [-0.2, -0.15) is 0 Å². The Morgan fingerprint density at radius 3 is 2.83 bits per heavy atom. The highest BCUT2D eigenvalue weighted by molar-refractivity contribution is 5.97. The second-order valence-corrected chi connectivity index (χ2v) is 6.27. The predicted molar refractivity (Wildman–Crippen MR) is 89.8 cm³/mol. The van der Waals surface area contributed by atoms with Crippen LogP contribution in [0.1, 0.15) is 28.8 Å². The van der Waals surface area contributed by atoms with Crippen LogP contribution in [0.25, 0.3) is 10.9 Å². The number of para-hydroxylation sites is 1. The summed E-state index contributed by atoms with van der Waals surface area (Å²) in [7, 11) is 1.76. The van der Waals surface area contributed by atoms with E-state index in [0.717, 1.165) is 37.1 Å². The number of nitrogens with zero attached hydrogens (tertiary/aromatic N) is 1. The molecule has 0 saturated carbocycles. The van der Waals surface area contributed by atoms with Crippen molar-refractivity contribution in [2.45, 2.75) is 19.8 Å². The number of benzene rings is 1. The molecule has 5 nitrogen and oxygen atoms in total. The van der Waals surface area contributed by atoms with E-state index in [1.165, 1.54) is 0 Å². The van der Waals surface area contributed by atoms with E-state index < -0.39 is 0 Å². The zero-order valence-electron chi connectivity index (χ0n) is 13.6. The van der Waals surface area contributed by atoms with E-state index in [4.69, 9.17) is 4.74 Å². The summed E-state index contributed by atoms with van der Waals surface area (Å²) < 4.78 is 5.35. The molecule has 23 heavy (non-hydrogen) atoms. The Kier molecular flexibility index (Phi) is 4.48. The molecule has 1 N–H and O–H groups in total. The van der Waals surface area contributed by atoms with Crippen LogP contribution in [0, 0.1) is 12.8 Å². The molecular weight excluding hydrogens is 292 g/mol. The van der Waals surface area contributed by atoms with Gasteiger partial charge in [0, 0.05) is 38.4 Å². The van der Waals surface area contributed by atoms with Gasteiger partial charge in [0.15, 0.2) is 0 Å². The fraction of sp³-hybridized carbons (Fsp3) is 0.444. The summed E-state index contributed by atoms with van der Waals surface area (Å²) >= 11 is 0. The Morgan fingerprint density at radius 2 is 2.09 bits per heavy atom. The third kappa shape index (κ3) is 3.15. The van der Waals surface area contributed by atoms with E-state index in [0.29, 0.717) is 17.8 Å². The van der Waals surface area contributed by atoms with Crippen LogP contribution in [-0.2, 0) is 4.74 Å². The number of nitrogens with one attached hydrogen (secondary N) is 1. The lowest BCUT2D eigenvalue weighted by molar-refractivity contribution is 0.0497. The van der Waals surface area contributed by atoms with Crippen molar-refractivity contribution < 1.29 is 9.53 Å². The summed E-state index contributed by atoms with van der Waals surface area (Å²) in [5, 5.41) is 0.565. The van der Waals surface area contributed by atoms with Crippen LogP contribution in [0.4, 0.5) is 0 Å². The number of rotatable bonds is 3. The molecule has 122 valence electrons. The first-order valence-electron chi connectivity index (χ1n) is 8.02. The van der Waals surface area contributed by atoms with Crippen LogP contribution in [0.15, 0.2) is 29.2 Å². The van der Waals surface area contributed by atoms with E-state index >= 15 is 0 Å². The zero-order chi connectivity index (χ0) is 16.4. The summed E-state index contributed by atoms with van der Waals surface area (Å²) in [6.07, 6.45) is 3.47. The molecule has 1 amide bonds. The largest absolute Gasteiger partial charge is 0.381 e. The van der Waals surface area contributed by atoms with E-state index in [-0.39, 0.29) is 16.9 Å². The number of aromatic nitrogens is 1. The van der Waals surface area contributed by atoms with Crippen molar-refractivity contribution >= 4 is 16.8 Å². The van der Waals surface area contributed by atoms with Crippen LogP contribution in [0.5, 0.6) is 0 Å². The molecule has 1 aliphatic heterocycles. The van der Waals surface area contributed by atoms with Crippen molar-refractivity contribution in [3.05, 3.63) is 45.7 Å². The minimum absolute atomic E-state index is 0.203. The van der Waals surface area contributed by atoms with Gasteiger partial charge in [-0.1, -0.05) is 12.1 Å². The smallest absolute Gasteiger partial charge is 0.259 e. The van der Waals surface area contributed by atoms with Gasteiger partial charge in [-0.05, 0) is 37.3 Å². The second kappa shape index (κ2) is 6.54. The number of H-pyrrole nitrogens is 1. The lowest BCUT2D eigenvalue weighted by atomic mass is 9.99. The molecule has 5 heteroatoms. The van der Waals surface area contributed by atoms with E-state index in [2.05, 4.69) is 4.98 Å². The number of pyridine rings is 1. The monoisotopic (exact) mass is 314 g/mol. The summed E-state index contributed by atoms with van der Waals surface area (Å²) in [6, 6.07) is 5.54. The van der Waals surface area contributed by atoms with Gasteiger partial charge in [-0.15, -0.1) is 0 Å². The molecule has 2 heterocycles. The van der Waals surface area contributed by atoms with E-state index in [1.54, 1.807) is 24.2 Å². The van der Waals surface area contributed by atoms with Crippen molar-refractivity contribution in [2.75, 3.05) is 26.8 Å². The maximum absolute atomic E-state index is 12.6. The lowest BCUT2D eigenvalue weighted by Gasteiger charge is -2.27. The molecule has 0 atom stereocenters. The number of hydrogen-bond acceptors (Lipinski definition) is 3. The quantitative estimate of drug-likeness (QED) is 0.946. The fourth-order valence-electron chi connectivity index (χ4n) is 3.17. The van der Waals surface area contributed by atoms with E-state index in [1.807, 2.05) is 19.1 Å². The first kappa shape index (κ1) is 15.7. The summed E-state index contributed by atoms with van der Waals surface area (Å²) in [5.41, 5.74) is 1.79. The predicted octanol–water partition coefficient (Wildman–Crippen LogP) is 2.34. The highest BCUT2D eigenvalue weighted by Gasteiger charge is 2.21. The van der Waals surface area contributed by atoms with Gasteiger partial charge in [0.2, 0.25) is 5.43 Å². The Morgan fingerprint density at radius 1 is 1.35 bits per heavy atom. The molecule has 2 aromatic rings. The molecule has 0 unspecified atom stereocenters. The third-order valence-electron chi connectivity index (χ3n) is 4.57. The molecule has 0 spiro atoms. The molecule has 0 bridgehead atoms. The molecule has 0 radical (unpaired) electrons. The number of aryl methyl sites for hydroxylation is 1. The second-order valence-electron chi connectivity index (χ2n) is 6.27. The number of aromatic amines is 1. The summed E-state index contributed by atoms with van der Waals surface area (Å²) in [6.45, 7) is 4.11. The van der Waals surface area contributed by atoms with Gasteiger partial charge in [0.05, 0.1) is 5.52 Å². The maximum Gasteiger partial charge on any atom is 0.259 e. The standard InChI is InChI=1S/C18H22N2O3/c1-12-4-3-5-14-16(12)19-10-15(17(14)21)18(22)20(2)11-13-6-8-23-9-7-13/h3-5,10,13H,6-9,11H2,1-2H3,(H,19,21). The maximum atomic E-state index is 12.6. The van der Waals surface area contributed by atoms with Gasteiger partial charge >= 0.3 is 0 Å². The van der Waals surface area contributed by atoms with Crippen molar-refractivity contribution in [1.29, 1.82) is 0 Å². The molecule has 1 saturated heterocycles. The zero-order valence-corrected chi connectivity index (χ0v) is 13.6. The van der Waals surface area contributed by atoms with Gasteiger partial charge in [-0.25, -0.2) is 0 Å². The van der Waals surface area contributed by atoms with Gasteiger partial charge in [0.1, 0.15) is 5.56 Å². The van der Waals surface area contributed by atoms with Crippen LogP contribution < -0.4 is 5.43 Å². The number of carbonyl (C=O) groups is 1. The number of carbonyl (C=O) groups excluding carboxylic acids is 1. The Balaban J connectivity index is 1.85. The first-order valence-corrected chi connectivity index (χ1v) is 8.02.